The normalized spacial score (nSPS) is 13.8. The highest BCUT2D eigenvalue weighted by molar-refractivity contribution is 7.89. The highest BCUT2D eigenvalue weighted by atomic mass is 32.2. The first-order valence-electron chi connectivity index (χ1n) is 6.13. The van der Waals surface area contributed by atoms with Gasteiger partial charge in [0, 0.05) is 19.2 Å². The number of anilines is 1. The molecule has 0 fully saturated rings. The van der Waals surface area contributed by atoms with Crippen LogP contribution in [0.25, 0.3) is 0 Å². The maximum atomic E-state index is 12.5. The second-order valence-electron chi connectivity index (χ2n) is 4.91. The Kier molecular flexibility index (Phi) is 4.81. The quantitative estimate of drug-likeness (QED) is 0.840. The average molecular weight is 286 g/mol. The molecular weight excluding hydrogens is 264 g/mol. The van der Waals surface area contributed by atoms with Gasteiger partial charge >= 0.3 is 0 Å². The van der Waals surface area contributed by atoms with Gasteiger partial charge in [0.25, 0.3) is 0 Å². The summed E-state index contributed by atoms with van der Waals surface area (Å²) in [6, 6.07) is 4.48. The van der Waals surface area contributed by atoms with Gasteiger partial charge in [0.1, 0.15) is 10.6 Å². The standard InChI is InChI=1S/C13H22N2O3S/c1-9(2)10(3)15(4)19(16,17)13-7-6-11(18-5)8-12(13)14/h6-10H,14H2,1-5H3. The molecule has 0 spiro atoms. The van der Waals surface area contributed by atoms with Crippen molar-refractivity contribution in [2.75, 3.05) is 19.9 Å². The van der Waals surface area contributed by atoms with Gasteiger partial charge < -0.3 is 10.5 Å². The topological polar surface area (TPSA) is 72.6 Å². The molecule has 1 rings (SSSR count). The lowest BCUT2D eigenvalue weighted by Gasteiger charge is -2.27. The second-order valence-corrected chi connectivity index (χ2v) is 6.88. The molecule has 0 aliphatic rings. The molecule has 0 radical (unpaired) electrons. The van der Waals surface area contributed by atoms with Crippen LogP contribution in [0.2, 0.25) is 0 Å². The molecule has 0 aliphatic heterocycles. The summed E-state index contributed by atoms with van der Waals surface area (Å²) < 4.78 is 31.4. The van der Waals surface area contributed by atoms with Gasteiger partial charge in [-0.2, -0.15) is 4.31 Å². The smallest absolute Gasteiger partial charge is 0.245 e. The molecule has 0 aromatic heterocycles. The number of methoxy groups -OCH3 is 1. The first-order chi connectivity index (χ1) is 8.71. The van der Waals surface area contributed by atoms with Gasteiger partial charge in [-0.25, -0.2) is 8.42 Å². The minimum atomic E-state index is -3.59. The van der Waals surface area contributed by atoms with E-state index in [1.54, 1.807) is 13.1 Å². The van der Waals surface area contributed by atoms with E-state index in [1.165, 1.54) is 23.5 Å². The fourth-order valence-electron chi connectivity index (χ4n) is 1.68. The van der Waals surface area contributed by atoms with Crippen molar-refractivity contribution >= 4 is 15.7 Å². The molecule has 5 nitrogen and oxygen atoms in total. The Balaban J connectivity index is 3.20. The molecule has 1 aromatic carbocycles. The Labute approximate surface area is 115 Å². The molecular formula is C13H22N2O3S. The van der Waals surface area contributed by atoms with Crippen LogP contribution in [0.3, 0.4) is 0 Å². The molecule has 108 valence electrons. The molecule has 0 heterocycles. The predicted molar refractivity (Wildman–Crippen MR) is 76.7 cm³/mol. The first-order valence-corrected chi connectivity index (χ1v) is 7.57. The number of ether oxygens (including phenoxy) is 1. The summed E-state index contributed by atoms with van der Waals surface area (Å²) in [5, 5.41) is 0. The van der Waals surface area contributed by atoms with E-state index in [0.29, 0.717) is 5.75 Å². The Hall–Kier alpha value is -1.27. The summed E-state index contributed by atoms with van der Waals surface area (Å²) >= 11 is 0. The summed E-state index contributed by atoms with van der Waals surface area (Å²) in [7, 11) is -0.503. The number of benzene rings is 1. The lowest BCUT2D eigenvalue weighted by atomic mass is 10.1. The minimum absolute atomic E-state index is 0.105. The second kappa shape index (κ2) is 5.79. The lowest BCUT2D eigenvalue weighted by molar-refractivity contribution is 0.316. The molecule has 6 heteroatoms. The van der Waals surface area contributed by atoms with Crippen LogP contribution in [-0.4, -0.2) is 32.9 Å². The third-order valence-electron chi connectivity index (χ3n) is 3.41. The summed E-state index contributed by atoms with van der Waals surface area (Å²) in [5.41, 5.74) is 6.01. The zero-order valence-electron chi connectivity index (χ0n) is 12.0. The van der Waals surface area contributed by atoms with E-state index >= 15 is 0 Å². The summed E-state index contributed by atoms with van der Waals surface area (Å²) in [6.07, 6.45) is 0. The van der Waals surface area contributed by atoms with Crippen LogP contribution in [0.5, 0.6) is 5.75 Å². The number of hydrogen-bond acceptors (Lipinski definition) is 4. The van der Waals surface area contributed by atoms with Crippen LogP contribution < -0.4 is 10.5 Å². The Morgan fingerprint density at radius 2 is 1.84 bits per heavy atom. The van der Waals surface area contributed by atoms with Crippen LogP contribution in [0.1, 0.15) is 20.8 Å². The largest absolute Gasteiger partial charge is 0.497 e. The van der Waals surface area contributed by atoms with E-state index in [1.807, 2.05) is 20.8 Å². The van der Waals surface area contributed by atoms with Gasteiger partial charge in [0.15, 0.2) is 0 Å². The third kappa shape index (κ3) is 3.19. The molecule has 0 aliphatic carbocycles. The van der Waals surface area contributed by atoms with E-state index in [-0.39, 0.29) is 22.5 Å². The fourth-order valence-corrected chi connectivity index (χ4v) is 3.27. The summed E-state index contributed by atoms with van der Waals surface area (Å²) in [4.78, 5) is 0.114. The molecule has 1 unspecified atom stereocenters. The number of hydrogen-bond donors (Lipinski definition) is 1. The van der Waals surface area contributed by atoms with Gasteiger partial charge in [0.2, 0.25) is 10.0 Å². The number of nitrogen functional groups attached to an aromatic ring is 1. The van der Waals surface area contributed by atoms with Crippen LogP contribution in [-0.2, 0) is 10.0 Å². The van der Waals surface area contributed by atoms with Gasteiger partial charge in [0.05, 0.1) is 12.8 Å². The van der Waals surface area contributed by atoms with Gasteiger partial charge in [-0.05, 0) is 25.0 Å². The van der Waals surface area contributed by atoms with Crippen molar-refractivity contribution in [2.24, 2.45) is 5.92 Å². The summed E-state index contributed by atoms with van der Waals surface area (Å²) in [5.74, 6) is 0.759. The molecule has 19 heavy (non-hydrogen) atoms. The molecule has 0 amide bonds. The predicted octanol–water partition coefficient (Wildman–Crippen LogP) is 1.94. The van der Waals surface area contributed by atoms with E-state index in [9.17, 15) is 8.42 Å². The molecule has 0 saturated heterocycles. The number of nitrogens with zero attached hydrogens (tertiary/aromatic N) is 1. The van der Waals surface area contributed by atoms with Crippen molar-refractivity contribution in [1.82, 2.24) is 4.31 Å². The van der Waals surface area contributed by atoms with E-state index in [4.69, 9.17) is 10.5 Å². The highest BCUT2D eigenvalue weighted by Crippen LogP contribution is 2.27. The third-order valence-corrected chi connectivity index (χ3v) is 5.43. The Morgan fingerprint density at radius 3 is 2.26 bits per heavy atom. The Bertz CT molecular complexity index is 541. The Morgan fingerprint density at radius 1 is 1.26 bits per heavy atom. The number of sulfonamides is 1. The van der Waals surface area contributed by atoms with Crippen molar-refractivity contribution in [3.63, 3.8) is 0 Å². The summed E-state index contributed by atoms with van der Waals surface area (Å²) in [6.45, 7) is 5.84. The molecule has 1 atom stereocenters. The van der Waals surface area contributed by atoms with Crippen LogP contribution in [0.4, 0.5) is 5.69 Å². The lowest BCUT2D eigenvalue weighted by Crippen LogP contribution is -2.38. The van der Waals surface area contributed by atoms with Gasteiger partial charge in [-0.3, -0.25) is 0 Å². The van der Waals surface area contributed by atoms with Crippen molar-refractivity contribution in [3.8, 4) is 5.75 Å². The zero-order chi connectivity index (χ0) is 14.8. The van der Waals surface area contributed by atoms with Gasteiger partial charge in [-0.15, -0.1) is 0 Å². The zero-order valence-corrected chi connectivity index (χ0v) is 12.9. The van der Waals surface area contributed by atoms with Crippen molar-refractivity contribution in [2.45, 2.75) is 31.7 Å². The SMILES string of the molecule is COc1ccc(S(=O)(=O)N(C)C(C)C(C)C)c(N)c1. The van der Waals surface area contributed by atoms with Crippen LogP contribution in [0, 0.1) is 5.92 Å². The van der Waals surface area contributed by atoms with Crippen LogP contribution >= 0.6 is 0 Å². The monoisotopic (exact) mass is 286 g/mol. The van der Waals surface area contributed by atoms with E-state index < -0.39 is 10.0 Å². The number of nitrogens with two attached hydrogens (primary N) is 1. The number of rotatable bonds is 5. The minimum Gasteiger partial charge on any atom is -0.497 e. The van der Waals surface area contributed by atoms with Crippen molar-refractivity contribution < 1.29 is 13.2 Å². The van der Waals surface area contributed by atoms with E-state index in [2.05, 4.69) is 0 Å². The molecule has 1 aromatic rings. The van der Waals surface area contributed by atoms with Crippen molar-refractivity contribution in [3.05, 3.63) is 18.2 Å². The molecule has 0 saturated carbocycles. The van der Waals surface area contributed by atoms with Gasteiger partial charge in [-0.1, -0.05) is 13.8 Å². The van der Waals surface area contributed by atoms with Crippen LogP contribution in [0.15, 0.2) is 23.1 Å². The highest BCUT2D eigenvalue weighted by Gasteiger charge is 2.28. The molecule has 2 N–H and O–H groups in total. The molecule has 0 bridgehead atoms. The average Bonchev–Trinajstić information content (AvgIpc) is 2.36. The maximum Gasteiger partial charge on any atom is 0.245 e. The first kappa shape index (κ1) is 15.8. The van der Waals surface area contributed by atoms with Crippen molar-refractivity contribution in [1.29, 1.82) is 0 Å². The van der Waals surface area contributed by atoms with E-state index in [0.717, 1.165) is 0 Å². The fraction of sp³-hybridized carbons (Fsp3) is 0.538. The maximum absolute atomic E-state index is 12.5.